The summed E-state index contributed by atoms with van der Waals surface area (Å²) in [6.45, 7) is 4.90. The molecular formula is C13H18ClNO3. The molecule has 0 heterocycles. The lowest BCUT2D eigenvalue weighted by Crippen LogP contribution is -2.40. The molecule has 1 unspecified atom stereocenters. The molecule has 1 amide bonds. The number of nitrogens with zero attached hydrogens (tertiary/aromatic N) is 1. The summed E-state index contributed by atoms with van der Waals surface area (Å²) in [6, 6.07) is 4.44. The number of halogens is 1. The third kappa shape index (κ3) is 3.37. The van der Waals surface area contributed by atoms with Crippen LogP contribution in [0.3, 0.4) is 0 Å². The maximum absolute atomic E-state index is 12.3. The highest BCUT2D eigenvalue weighted by atomic mass is 35.5. The van der Waals surface area contributed by atoms with E-state index in [-0.39, 0.29) is 22.7 Å². The van der Waals surface area contributed by atoms with Gasteiger partial charge in [-0.2, -0.15) is 0 Å². The molecule has 4 nitrogen and oxygen atoms in total. The molecule has 0 aromatic heterocycles. The van der Waals surface area contributed by atoms with E-state index in [1.165, 1.54) is 12.1 Å². The number of phenolic OH excluding ortho intramolecular Hbond substituents is 1. The monoisotopic (exact) mass is 271 g/mol. The van der Waals surface area contributed by atoms with Gasteiger partial charge in [0.1, 0.15) is 5.75 Å². The lowest BCUT2D eigenvalue weighted by atomic mass is 10.1. The highest BCUT2D eigenvalue weighted by molar-refractivity contribution is 6.32. The van der Waals surface area contributed by atoms with Crippen LogP contribution in [0.4, 0.5) is 0 Å². The molecule has 1 atom stereocenters. The number of hydrogen-bond donors (Lipinski definition) is 1. The van der Waals surface area contributed by atoms with Crippen molar-refractivity contribution >= 4 is 17.5 Å². The number of rotatable bonds is 5. The average molecular weight is 272 g/mol. The normalized spacial score (nSPS) is 12.2. The van der Waals surface area contributed by atoms with Gasteiger partial charge in [0.25, 0.3) is 5.91 Å². The van der Waals surface area contributed by atoms with Crippen molar-refractivity contribution in [2.75, 3.05) is 20.3 Å². The van der Waals surface area contributed by atoms with Gasteiger partial charge in [0.05, 0.1) is 17.7 Å². The van der Waals surface area contributed by atoms with Crippen molar-refractivity contribution in [3.63, 3.8) is 0 Å². The van der Waals surface area contributed by atoms with Crippen LogP contribution in [-0.2, 0) is 4.74 Å². The topological polar surface area (TPSA) is 49.8 Å². The minimum atomic E-state index is -0.121. The molecule has 0 aliphatic carbocycles. The fraction of sp³-hybridized carbons (Fsp3) is 0.462. The van der Waals surface area contributed by atoms with Gasteiger partial charge in [-0.3, -0.25) is 4.79 Å². The number of likely N-dealkylation sites (N-methyl/N-ethyl adjacent to an activating group) is 1. The van der Waals surface area contributed by atoms with Crippen molar-refractivity contribution in [1.82, 2.24) is 4.90 Å². The van der Waals surface area contributed by atoms with Gasteiger partial charge in [-0.25, -0.2) is 0 Å². The fourth-order valence-electron chi connectivity index (χ4n) is 1.79. The molecule has 0 radical (unpaired) electrons. The van der Waals surface area contributed by atoms with E-state index in [9.17, 15) is 9.90 Å². The SMILES string of the molecule is CCN(C(=O)c1ccc(O)c(Cl)c1)C(C)COC. The Hall–Kier alpha value is -1.26. The number of carbonyl (C=O) groups is 1. The fourth-order valence-corrected chi connectivity index (χ4v) is 1.97. The summed E-state index contributed by atoms with van der Waals surface area (Å²) in [5.41, 5.74) is 0.461. The number of carbonyl (C=O) groups excluding carboxylic acids is 1. The van der Waals surface area contributed by atoms with Gasteiger partial charge in [-0.1, -0.05) is 11.6 Å². The number of hydrogen-bond acceptors (Lipinski definition) is 3. The van der Waals surface area contributed by atoms with Crippen LogP contribution in [0.25, 0.3) is 0 Å². The number of ether oxygens (including phenoxy) is 1. The third-order valence-corrected chi connectivity index (χ3v) is 3.04. The Kier molecular flexibility index (Phi) is 5.44. The standard InChI is InChI=1S/C13H18ClNO3/c1-4-15(9(2)8-18-3)13(17)10-5-6-12(16)11(14)7-10/h5-7,9,16H,4,8H2,1-3H3. The van der Waals surface area contributed by atoms with Crippen LogP contribution in [0, 0.1) is 0 Å². The van der Waals surface area contributed by atoms with Crippen molar-refractivity contribution in [3.8, 4) is 5.75 Å². The minimum Gasteiger partial charge on any atom is -0.506 e. The maximum atomic E-state index is 12.3. The van der Waals surface area contributed by atoms with E-state index in [2.05, 4.69) is 0 Å². The first-order chi connectivity index (χ1) is 8.51. The summed E-state index contributed by atoms with van der Waals surface area (Å²) >= 11 is 5.80. The molecule has 0 aliphatic heterocycles. The van der Waals surface area contributed by atoms with Crippen LogP contribution in [0.1, 0.15) is 24.2 Å². The lowest BCUT2D eigenvalue weighted by molar-refractivity contribution is 0.0579. The van der Waals surface area contributed by atoms with E-state index in [0.29, 0.717) is 18.7 Å². The third-order valence-electron chi connectivity index (χ3n) is 2.74. The molecule has 1 aromatic rings. The van der Waals surface area contributed by atoms with E-state index in [1.54, 1.807) is 18.1 Å². The molecule has 100 valence electrons. The largest absolute Gasteiger partial charge is 0.506 e. The van der Waals surface area contributed by atoms with Gasteiger partial charge in [-0.15, -0.1) is 0 Å². The van der Waals surface area contributed by atoms with Gasteiger partial charge >= 0.3 is 0 Å². The molecule has 0 bridgehead atoms. The van der Waals surface area contributed by atoms with E-state index in [4.69, 9.17) is 16.3 Å². The number of benzene rings is 1. The van der Waals surface area contributed by atoms with Crippen molar-refractivity contribution in [2.45, 2.75) is 19.9 Å². The van der Waals surface area contributed by atoms with E-state index >= 15 is 0 Å². The number of methoxy groups -OCH3 is 1. The van der Waals surface area contributed by atoms with Crippen LogP contribution in [0.2, 0.25) is 5.02 Å². The molecule has 0 fully saturated rings. The van der Waals surface area contributed by atoms with Crippen molar-refractivity contribution in [2.24, 2.45) is 0 Å². The number of amides is 1. The molecule has 0 saturated carbocycles. The Morgan fingerprint density at radius 3 is 2.72 bits per heavy atom. The van der Waals surface area contributed by atoms with Crippen LogP contribution >= 0.6 is 11.6 Å². The summed E-state index contributed by atoms with van der Waals surface area (Å²) in [5.74, 6) is -0.148. The Bertz CT molecular complexity index is 423. The summed E-state index contributed by atoms with van der Waals surface area (Å²) in [4.78, 5) is 14.0. The smallest absolute Gasteiger partial charge is 0.254 e. The van der Waals surface area contributed by atoms with Crippen LogP contribution in [-0.4, -0.2) is 42.2 Å². The zero-order chi connectivity index (χ0) is 13.7. The minimum absolute atomic E-state index is 0.0138. The Balaban J connectivity index is 2.92. The molecule has 0 aliphatic rings. The second kappa shape index (κ2) is 6.61. The first kappa shape index (κ1) is 14.8. The van der Waals surface area contributed by atoms with Crippen LogP contribution < -0.4 is 0 Å². The zero-order valence-corrected chi connectivity index (χ0v) is 11.6. The predicted molar refractivity (Wildman–Crippen MR) is 71.2 cm³/mol. The summed E-state index contributed by atoms with van der Waals surface area (Å²) < 4.78 is 5.06. The second-order valence-corrected chi connectivity index (χ2v) is 4.47. The average Bonchev–Trinajstić information content (AvgIpc) is 2.33. The van der Waals surface area contributed by atoms with Crippen molar-refractivity contribution in [1.29, 1.82) is 0 Å². The number of aromatic hydroxyl groups is 1. The van der Waals surface area contributed by atoms with Gasteiger partial charge in [0, 0.05) is 19.2 Å². The molecule has 1 N–H and O–H groups in total. The molecule has 1 rings (SSSR count). The summed E-state index contributed by atoms with van der Waals surface area (Å²) in [6.07, 6.45) is 0. The lowest BCUT2D eigenvalue weighted by Gasteiger charge is -2.27. The second-order valence-electron chi connectivity index (χ2n) is 4.06. The molecule has 0 saturated heterocycles. The van der Waals surface area contributed by atoms with Gasteiger partial charge in [-0.05, 0) is 32.0 Å². The molecule has 1 aromatic carbocycles. The van der Waals surface area contributed by atoms with E-state index in [0.717, 1.165) is 0 Å². The predicted octanol–water partition coefficient (Wildman–Crippen LogP) is 2.54. The number of phenols is 1. The highest BCUT2D eigenvalue weighted by Gasteiger charge is 2.20. The molecular weight excluding hydrogens is 254 g/mol. The quantitative estimate of drug-likeness (QED) is 0.895. The molecule has 0 spiro atoms. The zero-order valence-electron chi connectivity index (χ0n) is 10.8. The van der Waals surface area contributed by atoms with Gasteiger partial charge in [0.15, 0.2) is 0 Å². The first-order valence-electron chi connectivity index (χ1n) is 5.79. The van der Waals surface area contributed by atoms with Crippen molar-refractivity contribution in [3.05, 3.63) is 28.8 Å². The molecule has 5 heteroatoms. The van der Waals surface area contributed by atoms with Gasteiger partial charge in [0.2, 0.25) is 0 Å². The van der Waals surface area contributed by atoms with Gasteiger partial charge < -0.3 is 14.7 Å². The van der Waals surface area contributed by atoms with Crippen molar-refractivity contribution < 1.29 is 14.6 Å². The maximum Gasteiger partial charge on any atom is 0.254 e. The summed E-state index contributed by atoms with van der Waals surface area (Å²) in [7, 11) is 1.60. The Morgan fingerprint density at radius 2 is 2.22 bits per heavy atom. The molecule has 18 heavy (non-hydrogen) atoms. The Labute approximate surface area is 112 Å². The highest BCUT2D eigenvalue weighted by Crippen LogP contribution is 2.24. The van der Waals surface area contributed by atoms with Crippen LogP contribution in [0.15, 0.2) is 18.2 Å². The Morgan fingerprint density at radius 1 is 1.56 bits per heavy atom. The van der Waals surface area contributed by atoms with Crippen LogP contribution in [0.5, 0.6) is 5.75 Å². The summed E-state index contributed by atoms with van der Waals surface area (Å²) in [5, 5.41) is 9.51. The van der Waals surface area contributed by atoms with E-state index < -0.39 is 0 Å². The first-order valence-corrected chi connectivity index (χ1v) is 6.17. The van der Waals surface area contributed by atoms with E-state index in [1.807, 2.05) is 13.8 Å².